The Hall–Kier alpha value is -1.39. The van der Waals surface area contributed by atoms with Crippen molar-refractivity contribution in [3.63, 3.8) is 0 Å². The van der Waals surface area contributed by atoms with Crippen molar-refractivity contribution in [2.24, 2.45) is 0 Å². The van der Waals surface area contributed by atoms with Gasteiger partial charge >= 0.3 is 0 Å². The molecule has 1 amide bonds. The van der Waals surface area contributed by atoms with Gasteiger partial charge in [0, 0.05) is 12.5 Å². The molecule has 108 valence electrons. The zero-order valence-electron chi connectivity index (χ0n) is 11.6. The fraction of sp³-hybridized carbons (Fsp3) is 0.467. The van der Waals surface area contributed by atoms with Crippen LogP contribution in [0.4, 0.5) is 5.69 Å². The molecule has 1 N–H and O–H groups in total. The molecule has 2 rings (SSSR count). The molecule has 0 spiro atoms. The van der Waals surface area contributed by atoms with E-state index < -0.39 is 0 Å². The predicted octanol–water partition coefficient (Wildman–Crippen LogP) is 2.72. The highest BCUT2D eigenvalue weighted by atomic mass is 35.5. The molecule has 0 aromatic heterocycles. The number of nitrogens with zero attached hydrogens (tertiary/aromatic N) is 1. The van der Waals surface area contributed by atoms with Crippen LogP contribution in [-0.2, 0) is 9.59 Å². The summed E-state index contributed by atoms with van der Waals surface area (Å²) in [6.07, 6.45) is 2.55. The molecule has 1 aromatic rings. The molecule has 0 saturated carbocycles. The molecule has 0 radical (unpaired) electrons. The van der Waals surface area contributed by atoms with Crippen LogP contribution in [-0.4, -0.2) is 35.7 Å². The zero-order valence-corrected chi connectivity index (χ0v) is 12.3. The number of hydrogen-bond donors (Lipinski definition) is 1. The maximum atomic E-state index is 12.1. The second-order valence-corrected chi connectivity index (χ2v) is 5.61. The second kappa shape index (κ2) is 6.86. The maximum absolute atomic E-state index is 12.1. The third-order valence-electron chi connectivity index (χ3n) is 3.52. The van der Waals surface area contributed by atoms with Crippen LogP contribution >= 0.6 is 11.6 Å². The second-order valence-electron chi connectivity index (χ2n) is 5.20. The Morgan fingerprint density at radius 3 is 2.85 bits per heavy atom. The number of hydrogen-bond acceptors (Lipinski definition) is 3. The SMILES string of the molecule is CC(=O)CC1CCCN1CC(=O)Nc1ccccc1Cl. The minimum absolute atomic E-state index is 0.0893. The number of Topliss-reactive ketones (excluding diaryl/α,β-unsaturated/α-hetero) is 1. The normalized spacial score (nSPS) is 19.0. The Bertz CT molecular complexity index is 504. The lowest BCUT2D eigenvalue weighted by molar-refractivity contribution is -0.120. The average Bonchev–Trinajstić information content (AvgIpc) is 2.78. The number of anilines is 1. The number of rotatable bonds is 5. The third kappa shape index (κ3) is 4.05. The van der Waals surface area contributed by atoms with E-state index in [0.29, 0.717) is 23.7 Å². The zero-order chi connectivity index (χ0) is 14.5. The van der Waals surface area contributed by atoms with E-state index in [1.165, 1.54) is 0 Å². The van der Waals surface area contributed by atoms with Crippen LogP contribution in [0.25, 0.3) is 0 Å². The van der Waals surface area contributed by atoms with Crippen molar-refractivity contribution in [3.05, 3.63) is 29.3 Å². The Morgan fingerprint density at radius 2 is 2.15 bits per heavy atom. The van der Waals surface area contributed by atoms with Crippen molar-refractivity contribution in [1.82, 2.24) is 4.90 Å². The van der Waals surface area contributed by atoms with Crippen LogP contribution in [0.3, 0.4) is 0 Å². The van der Waals surface area contributed by atoms with Crippen LogP contribution in [0.5, 0.6) is 0 Å². The van der Waals surface area contributed by atoms with Gasteiger partial charge in [-0.15, -0.1) is 0 Å². The highest BCUT2D eigenvalue weighted by Crippen LogP contribution is 2.22. The molecule has 1 aromatic carbocycles. The summed E-state index contributed by atoms with van der Waals surface area (Å²) in [7, 11) is 0. The number of halogens is 1. The fourth-order valence-electron chi connectivity index (χ4n) is 2.60. The molecule has 20 heavy (non-hydrogen) atoms. The van der Waals surface area contributed by atoms with Crippen LogP contribution in [0.1, 0.15) is 26.2 Å². The highest BCUT2D eigenvalue weighted by molar-refractivity contribution is 6.33. The van der Waals surface area contributed by atoms with Crippen LogP contribution in [0, 0.1) is 0 Å². The van der Waals surface area contributed by atoms with E-state index in [0.717, 1.165) is 19.4 Å². The maximum Gasteiger partial charge on any atom is 0.238 e. The Labute approximate surface area is 124 Å². The first-order chi connectivity index (χ1) is 9.56. The van der Waals surface area contributed by atoms with Crippen LogP contribution in [0.2, 0.25) is 5.02 Å². The third-order valence-corrected chi connectivity index (χ3v) is 3.85. The van der Waals surface area contributed by atoms with Crippen molar-refractivity contribution < 1.29 is 9.59 Å². The smallest absolute Gasteiger partial charge is 0.238 e. The predicted molar refractivity (Wildman–Crippen MR) is 80.0 cm³/mol. The van der Waals surface area contributed by atoms with Crippen molar-refractivity contribution in [3.8, 4) is 0 Å². The summed E-state index contributed by atoms with van der Waals surface area (Å²) >= 11 is 6.01. The number of carbonyl (C=O) groups is 2. The molecule has 1 atom stereocenters. The fourth-order valence-corrected chi connectivity index (χ4v) is 2.79. The van der Waals surface area contributed by atoms with Gasteiger partial charge in [-0.05, 0) is 38.4 Å². The summed E-state index contributed by atoms with van der Waals surface area (Å²) in [5.41, 5.74) is 0.626. The number of likely N-dealkylation sites (tertiary alicyclic amines) is 1. The van der Waals surface area contributed by atoms with E-state index in [2.05, 4.69) is 10.2 Å². The molecule has 1 heterocycles. The molecule has 1 aliphatic heterocycles. The van der Waals surface area contributed by atoms with Crippen molar-refractivity contribution in [2.45, 2.75) is 32.2 Å². The number of benzene rings is 1. The first-order valence-electron chi connectivity index (χ1n) is 6.84. The number of ketones is 1. The standard InChI is InChI=1S/C15H19ClN2O2/c1-11(19)9-12-5-4-8-18(12)10-15(20)17-14-7-3-2-6-13(14)16/h2-3,6-7,12H,4-5,8-10H2,1H3,(H,17,20). The molecule has 4 nitrogen and oxygen atoms in total. The first-order valence-corrected chi connectivity index (χ1v) is 7.22. The van der Waals surface area contributed by atoms with Gasteiger partial charge in [-0.25, -0.2) is 0 Å². The van der Waals surface area contributed by atoms with Crippen LogP contribution in [0.15, 0.2) is 24.3 Å². The summed E-state index contributed by atoms with van der Waals surface area (Å²) in [5.74, 6) is 0.0852. The molecule has 1 fully saturated rings. The van der Waals surface area contributed by atoms with Crippen LogP contribution < -0.4 is 5.32 Å². The topological polar surface area (TPSA) is 49.4 Å². The summed E-state index contributed by atoms with van der Waals surface area (Å²) in [6.45, 7) is 2.78. The van der Waals surface area contributed by atoms with E-state index in [1.807, 2.05) is 12.1 Å². The van der Waals surface area contributed by atoms with Crippen molar-refractivity contribution in [1.29, 1.82) is 0 Å². The van der Waals surface area contributed by atoms with Crippen molar-refractivity contribution in [2.75, 3.05) is 18.4 Å². The minimum atomic E-state index is -0.0893. The van der Waals surface area contributed by atoms with Gasteiger partial charge < -0.3 is 5.32 Å². The minimum Gasteiger partial charge on any atom is -0.324 e. The van der Waals surface area contributed by atoms with E-state index in [4.69, 9.17) is 11.6 Å². The molecule has 0 bridgehead atoms. The summed E-state index contributed by atoms with van der Waals surface area (Å²) in [5, 5.41) is 3.34. The quantitative estimate of drug-likeness (QED) is 0.908. The monoisotopic (exact) mass is 294 g/mol. The molecular formula is C15H19ClN2O2. The molecule has 1 unspecified atom stereocenters. The molecule has 5 heteroatoms. The first kappa shape index (κ1) is 15.0. The Kier molecular flexibility index (Phi) is 5.15. The summed E-state index contributed by atoms with van der Waals surface area (Å²) < 4.78 is 0. The van der Waals surface area contributed by atoms with Crippen molar-refractivity contribution >= 4 is 29.0 Å². The lowest BCUT2D eigenvalue weighted by Gasteiger charge is -2.23. The molecule has 1 aliphatic rings. The van der Waals surface area contributed by atoms with Gasteiger partial charge in [-0.2, -0.15) is 0 Å². The molecule has 0 aliphatic carbocycles. The summed E-state index contributed by atoms with van der Waals surface area (Å²) in [4.78, 5) is 25.4. The van der Waals surface area contributed by atoms with E-state index in [-0.39, 0.29) is 17.7 Å². The highest BCUT2D eigenvalue weighted by Gasteiger charge is 2.27. The van der Waals surface area contributed by atoms with E-state index in [9.17, 15) is 9.59 Å². The van der Waals surface area contributed by atoms with Gasteiger partial charge in [-0.3, -0.25) is 14.5 Å². The molecule has 1 saturated heterocycles. The van der Waals surface area contributed by atoms with Gasteiger partial charge in [0.15, 0.2) is 0 Å². The van der Waals surface area contributed by atoms with Gasteiger partial charge in [0.2, 0.25) is 5.91 Å². The van der Waals surface area contributed by atoms with Gasteiger partial charge in [0.05, 0.1) is 17.3 Å². The number of amides is 1. The van der Waals surface area contributed by atoms with E-state index >= 15 is 0 Å². The summed E-state index contributed by atoms with van der Waals surface area (Å²) in [6, 6.07) is 7.37. The lowest BCUT2D eigenvalue weighted by Crippen LogP contribution is -2.37. The van der Waals surface area contributed by atoms with Gasteiger partial charge in [0.1, 0.15) is 5.78 Å². The number of para-hydroxylation sites is 1. The Morgan fingerprint density at radius 1 is 1.40 bits per heavy atom. The Balaban J connectivity index is 1.91. The van der Waals surface area contributed by atoms with E-state index in [1.54, 1.807) is 19.1 Å². The largest absolute Gasteiger partial charge is 0.324 e. The lowest BCUT2D eigenvalue weighted by atomic mass is 10.1. The van der Waals surface area contributed by atoms with Gasteiger partial charge in [-0.1, -0.05) is 23.7 Å². The molecular weight excluding hydrogens is 276 g/mol. The van der Waals surface area contributed by atoms with Gasteiger partial charge in [0.25, 0.3) is 0 Å². The number of nitrogens with one attached hydrogen (secondary N) is 1. The number of carbonyl (C=O) groups excluding carboxylic acids is 2. The average molecular weight is 295 g/mol.